The van der Waals surface area contributed by atoms with Crippen LogP contribution in [0.15, 0.2) is 65.8 Å². The van der Waals surface area contributed by atoms with E-state index >= 15 is 0 Å². The molecule has 0 radical (unpaired) electrons. The van der Waals surface area contributed by atoms with Crippen molar-refractivity contribution in [3.63, 3.8) is 0 Å². The van der Waals surface area contributed by atoms with E-state index in [0.29, 0.717) is 12.1 Å². The smallest absolute Gasteiger partial charge is 0.0994 e. The highest BCUT2D eigenvalue weighted by atomic mass is 16.5. The van der Waals surface area contributed by atoms with Crippen LogP contribution in [0, 0.1) is 18.3 Å². The molecule has 0 saturated carbocycles. The average molecular weight is 445 g/mol. The number of likely N-dealkylation sites (N-methyl/N-ethyl adjacent to an activating group) is 1. The predicted molar refractivity (Wildman–Crippen MR) is 128 cm³/mol. The molecule has 4 aliphatic heterocycles. The van der Waals surface area contributed by atoms with Crippen molar-refractivity contribution in [1.29, 1.82) is 5.26 Å². The third-order valence-electron chi connectivity index (χ3n) is 6.90. The SMILES string of the molecule is Cc1c(C#N)cccc1[C@@H](C)NN1C=CC(CN(C)C)=C2C=CN(N3C[C@H]4C[C@@H]3CO4)C=C21. The Morgan fingerprint density at radius 3 is 2.82 bits per heavy atom. The summed E-state index contributed by atoms with van der Waals surface area (Å²) in [4.78, 5) is 2.20. The molecule has 33 heavy (non-hydrogen) atoms. The highest BCUT2D eigenvalue weighted by Crippen LogP contribution is 2.35. The standard InChI is InChI=1S/C26H32N6O/c1-18-20(13-27)6-5-7-24(18)19(2)28-31-11-8-21(14-29(3)4)25-9-10-30(16-26(25)31)32-15-23-12-22(32)17-33-23/h5-11,16,19,22-23,28H,12,14-15,17H2,1-4H3/t19-,22-,23-/m1/s1. The summed E-state index contributed by atoms with van der Waals surface area (Å²) < 4.78 is 5.81. The Labute approximate surface area is 196 Å². The van der Waals surface area contributed by atoms with Crippen LogP contribution in [0.1, 0.15) is 36.1 Å². The van der Waals surface area contributed by atoms with Crippen LogP contribution in [-0.4, -0.2) is 65.9 Å². The molecule has 0 aromatic heterocycles. The summed E-state index contributed by atoms with van der Waals surface area (Å²) in [6.45, 7) is 6.78. The summed E-state index contributed by atoms with van der Waals surface area (Å²) in [6.07, 6.45) is 12.4. The largest absolute Gasteiger partial charge is 0.375 e. The number of ether oxygens (including phenoxy) is 1. The van der Waals surface area contributed by atoms with E-state index in [1.807, 2.05) is 19.1 Å². The van der Waals surface area contributed by atoms with Crippen LogP contribution in [0.2, 0.25) is 0 Å². The van der Waals surface area contributed by atoms with Gasteiger partial charge >= 0.3 is 0 Å². The molecule has 3 atom stereocenters. The van der Waals surface area contributed by atoms with Gasteiger partial charge in [0.2, 0.25) is 0 Å². The molecule has 7 heteroatoms. The van der Waals surface area contributed by atoms with E-state index in [4.69, 9.17) is 4.74 Å². The average Bonchev–Trinajstić information content (AvgIpc) is 3.44. The molecule has 2 bridgehead atoms. The molecule has 1 aromatic rings. The highest BCUT2D eigenvalue weighted by Gasteiger charge is 2.41. The zero-order chi connectivity index (χ0) is 23.1. The van der Waals surface area contributed by atoms with Gasteiger partial charge in [-0.25, -0.2) is 10.4 Å². The van der Waals surface area contributed by atoms with E-state index < -0.39 is 0 Å². The Hall–Kier alpha value is -2.89. The monoisotopic (exact) mass is 444 g/mol. The molecule has 4 heterocycles. The van der Waals surface area contributed by atoms with Gasteiger partial charge in [-0.05, 0) is 69.3 Å². The Morgan fingerprint density at radius 2 is 2.12 bits per heavy atom. The van der Waals surface area contributed by atoms with Gasteiger partial charge in [-0.3, -0.25) is 10.0 Å². The van der Waals surface area contributed by atoms with Crippen LogP contribution in [-0.2, 0) is 4.74 Å². The lowest BCUT2D eigenvalue weighted by molar-refractivity contribution is -0.0445. The molecule has 0 aliphatic carbocycles. The number of hydrazine groups is 2. The number of fused-ring (bicyclic) bond motifs is 3. The van der Waals surface area contributed by atoms with Crippen LogP contribution in [0.5, 0.6) is 0 Å². The van der Waals surface area contributed by atoms with E-state index in [0.717, 1.165) is 48.5 Å². The maximum Gasteiger partial charge on any atom is 0.0994 e. The Kier molecular flexibility index (Phi) is 5.85. The summed E-state index contributed by atoms with van der Waals surface area (Å²) in [5.41, 5.74) is 10.2. The van der Waals surface area contributed by atoms with Gasteiger partial charge in [-0.2, -0.15) is 5.26 Å². The second-order valence-corrected chi connectivity index (χ2v) is 9.52. The summed E-state index contributed by atoms with van der Waals surface area (Å²) >= 11 is 0. The highest BCUT2D eigenvalue weighted by molar-refractivity contribution is 5.52. The molecule has 1 aromatic carbocycles. The number of nitrogens with one attached hydrogen (secondary N) is 1. The number of allylic oxidation sites excluding steroid dienone is 1. The number of rotatable bonds is 6. The second-order valence-electron chi connectivity index (χ2n) is 9.52. The quantitative estimate of drug-likeness (QED) is 0.723. The van der Waals surface area contributed by atoms with Crippen molar-refractivity contribution >= 4 is 0 Å². The van der Waals surface area contributed by atoms with Crippen LogP contribution >= 0.6 is 0 Å². The summed E-state index contributed by atoms with van der Waals surface area (Å²) in [5.74, 6) is 0. The lowest BCUT2D eigenvalue weighted by Gasteiger charge is -2.40. The predicted octanol–water partition coefficient (Wildman–Crippen LogP) is 3.18. The number of nitriles is 1. The molecule has 172 valence electrons. The topological polar surface area (TPSA) is 58.0 Å². The molecule has 0 amide bonds. The van der Waals surface area contributed by atoms with Crippen LogP contribution < -0.4 is 5.43 Å². The van der Waals surface area contributed by atoms with Crippen molar-refractivity contribution in [2.45, 2.75) is 38.5 Å². The molecule has 0 spiro atoms. The Morgan fingerprint density at radius 1 is 1.27 bits per heavy atom. The van der Waals surface area contributed by atoms with E-state index in [-0.39, 0.29) is 6.04 Å². The minimum absolute atomic E-state index is 0.0380. The lowest BCUT2D eigenvalue weighted by Crippen LogP contribution is -2.47. The zero-order valence-electron chi connectivity index (χ0n) is 19.8. The van der Waals surface area contributed by atoms with E-state index in [1.54, 1.807) is 0 Å². The number of morpholine rings is 1. The van der Waals surface area contributed by atoms with Crippen molar-refractivity contribution < 1.29 is 4.74 Å². The number of nitrogens with zero attached hydrogens (tertiary/aromatic N) is 5. The van der Waals surface area contributed by atoms with Crippen molar-refractivity contribution in [1.82, 2.24) is 25.4 Å². The summed E-state index contributed by atoms with van der Waals surface area (Å²) in [6, 6.07) is 8.71. The number of benzene rings is 1. The zero-order valence-corrected chi connectivity index (χ0v) is 19.8. The molecule has 7 nitrogen and oxygen atoms in total. The van der Waals surface area contributed by atoms with Crippen molar-refractivity contribution in [3.05, 3.63) is 82.5 Å². The third kappa shape index (κ3) is 4.11. The van der Waals surface area contributed by atoms with Gasteiger partial charge in [0.05, 0.1) is 36.1 Å². The molecule has 2 fully saturated rings. The van der Waals surface area contributed by atoms with Crippen molar-refractivity contribution in [2.75, 3.05) is 33.8 Å². The van der Waals surface area contributed by atoms with Gasteiger partial charge in [-0.15, -0.1) is 0 Å². The molecule has 0 unspecified atom stereocenters. The molecule has 4 aliphatic rings. The first-order chi connectivity index (χ1) is 15.9. The Balaban J connectivity index is 1.43. The number of hydrogen-bond donors (Lipinski definition) is 1. The maximum atomic E-state index is 9.44. The summed E-state index contributed by atoms with van der Waals surface area (Å²) in [5, 5.41) is 16.2. The van der Waals surface area contributed by atoms with E-state index in [2.05, 4.69) is 89.3 Å². The van der Waals surface area contributed by atoms with Gasteiger partial charge in [0.15, 0.2) is 0 Å². The maximum absolute atomic E-state index is 9.44. The van der Waals surface area contributed by atoms with Gasteiger partial charge in [0.25, 0.3) is 0 Å². The molecule has 2 saturated heterocycles. The second kappa shape index (κ2) is 8.81. The Bertz CT molecular complexity index is 1090. The first kappa shape index (κ1) is 21.9. The van der Waals surface area contributed by atoms with Crippen molar-refractivity contribution in [2.24, 2.45) is 0 Å². The first-order valence-corrected chi connectivity index (χ1v) is 11.6. The minimum atomic E-state index is 0.0380. The number of hydrogen-bond acceptors (Lipinski definition) is 7. The fraction of sp³-hybridized carbons (Fsp3) is 0.423. The van der Waals surface area contributed by atoms with Crippen LogP contribution in [0.25, 0.3) is 0 Å². The normalized spacial score (nSPS) is 25.0. The van der Waals surface area contributed by atoms with Crippen LogP contribution in [0.3, 0.4) is 0 Å². The first-order valence-electron chi connectivity index (χ1n) is 11.6. The molecule has 5 rings (SSSR count). The van der Waals surface area contributed by atoms with Gasteiger partial charge < -0.3 is 9.64 Å². The van der Waals surface area contributed by atoms with Gasteiger partial charge in [0, 0.05) is 43.3 Å². The lowest BCUT2D eigenvalue weighted by atomic mass is 9.98. The summed E-state index contributed by atoms with van der Waals surface area (Å²) in [7, 11) is 4.20. The minimum Gasteiger partial charge on any atom is -0.375 e. The molecular formula is C26H32N6O. The molecular weight excluding hydrogens is 412 g/mol. The van der Waals surface area contributed by atoms with Gasteiger partial charge in [0.1, 0.15) is 0 Å². The molecule has 1 N–H and O–H groups in total. The van der Waals surface area contributed by atoms with E-state index in [1.165, 1.54) is 11.1 Å². The third-order valence-corrected chi connectivity index (χ3v) is 6.90. The van der Waals surface area contributed by atoms with Crippen molar-refractivity contribution in [3.8, 4) is 6.07 Å². The van der Waals surface area contributed by atoms with Crippen LogP contribution in [0.4, 0.5) is 0 Å². The van der Waals surface area contributed by atoms with Gasteiger partial charge in [-0.1, -0.05) is 12.1 Å². The fourth-order valence-corrected chi connectivity index (χ4v) is 5.21. The fourth-order valence-electron chi connectivity index (χ4n) is 5.21. The van der Waals surface area contributed by atoms with E-state index in [9.17, 15) is 5.26 Å².